The number of anilines is 1. The highest BCUT2D eigenvalue weighted by atomic mass is 35.5. The summed E-state index contributed by atoms with van der Waals surface area (Å²) >= 11 is 7.67. The Labute approximate surface area is 152 Å². The van der Waals surface area contributed by atoms with Gasteiger partial charge in [-0.3, -0.25) is 4.79 Å². The lowest BCUT2D eigenvalue weighted by atomic mass is 9.87. The number of rotatable bonds is 4. The van der Waals surface area contributed by atoms with E-state index in [4.69, 9.17) is 17.3 Å². The number of amides is 1. The first-order chi connectivity index (χ1) is 11.5. The first-order valence-corrected chi connectivity index (χ1v) is 9.40. The minimum atomic E-state index is -0.205. The van der Waals surface area contributed by atoms with Crippen LogP contribution in [0.4, 0.5) is 5.69 Å². The average Bonchev–Trinajstić information content (AvgIpc) is 2.56. The molecule has 0 saturated carbocycles. The minimum Gasteiger partial charge on any atom is -0.399 e. The van der Waals surface area contributed by atoms with E-state index in [1.165, 1.54) is 22.9 Å². The predicted molar refractivity (Wildman–Crippen MR) is 101 cm³/mol. The summed E-state index contributed by atoms with van der Waals surface area (Å²) in [7, 11) is 0. The van der Waals surface area contributed by atoms with E-state index in [1.54, 1.807) is 0 Å². The number of carbonyl (C=O) groups excluding carboxylic acids is 1. The van der Waals surface area contributed by atoms with Gasteiger partial charge in [0.1, 0.15) is 0 Å². The van der Waals surface area contributed by atoms with Crippen LogP contribution in [0.15, 0.2) is 47.4 Å². The van der Waals surface area contributed by atoms with E-state index in [0.717, 1.165) is 29.8 Å². The number of fused-ring (bicyclic) bond motifs is 1. The molecule has 0 aromatic heterocycles. The van der Waals surface area contributed by atoms with Crippen LogP contribution in [0.2, 0.25) is 5.02 Å². The lowest BCUT2D eigenvalue weighted by Gasteiger charge is -2.27. The molecule has 5 heteroatoms. The first kappa shape index (κ1) is 17.2. The Morgan fingerprint density at radius 1 is 1.33 bits per heavy atom. The highest BCUT2D eigenvalue weighted by molar-refractivity contribution is 8.00. The molecule has 3 N–H and O–H groups in total. The molecule has 0 aliphatic heterocycles. The largest absolute Gasteiger partial charge is 0.399 e. The van der Waals surface area contributed by atoms with Gasteiger partial charge in [-0.05, 0) is 61.6 Å². The Kier molecular flexibility index (Phi) is 5.36. The zero-order valence-corrected chi connectivity index (χ0v) is 15.2. The molecular formula is C19H21ClN2OS. The second-order valence-electron chi connectivity index (χ2n) is 6.10. The molecule has 1 aliphatic carbocycles. The number of nitrogen functional groups attached to an aromatic ring is 1. The second-order valence-corrected chi connectivity index (χ2v) is 7.89. The fourth-order valence-corrected chi connectivity index (χ4v) is 4.22. The minimum absolute atomic E-state index is 0.0367. The molecule has 126 valence electrons. The topological polar surface area (TPSA) is 55.1 Å². The van der Waals surface area contributed by atoms with Crippen LogP contribution in [0.25, 0.3) is 0 Å². The molecule has 3 nitrogen and oxygen atoms in total. The summed E-state index contributed by atoms with van der Waals surface area (Å²) in [5, 5.41) is 3.67. The highest BCUT2D eigenvalue weighted by Gasteiger charge is 2.24. The molecule has 0 radical (unpaired) electrons. The van der Waals surface area contributed by atoms with Crippen molar-refractivity contribution in [1.82, 2.24) is 5.32 Å². The van der Waals surface area contributed by atoms with Crippen LogP contribution in [0.5, 0.6) is 0 Å². The fraction of sp³-hybridized carbons (Fsp3) is 0.316. The van der Waals surface area contributed by atoms with Gasteiger partial charge >= 0.3 is 0 Å². The molecule has 0 spiro atoms. The van der Waals surface area contributed by atoms with Crippen LogP contribution in [-0.4, -0.2) is 11.2 Å². The van der Waals surface area contributed by atoms with E-state index in [1.807, 2.05) is 49.4 Å². The van der Waals surface area contributed by atoms with Crippen LogP contribution in [-0.2, 0) is 11.2 Å². The Morgan fingerprint density at radius 2 is 2.12 bits per heavy atom. The zero-order chi connectivity index (χ0) is 17.1. The van der Waals surface area contributed by atoms with E-state index < -0.39 is 0 Å². The number of halogens is 1. The molecule has 2 aromatic rings. The van der Waals surface area contributed by atoms with Crippen molar-refractivity contribution >= 4 is 35.0 Å². The Bertz CT molecular complexity index is 750. The van der Waals surface area contributed by atoms with Crippen LogP contribution < -0.4 is 11.1 Å². The van der Waals surface area contributed by atoms with Crippen LogP contribution in [0.1, 0.15) is 36.9 Å². The molecule has 0 saturated heterocycles. The molecule has 0 fully saturated rings. The van der Waals surface area contributed by atoms with E-state index >= 15 is 0 Å². The van der Waals surface area contributed by atoms with E-state index in [-0.39, 0.29) is 17.2 Å². The molecule has 2 atom stereocenters. The van der Waals surface area contributed by atoms with Gasteiger partial charge in [-0.25, -0.2) is 0 Å². The van der Waals surface area contributed by atoms with Gasteiger partial charge in [-0.2, -0.15) is 0 Å². The van der Waals surface area contributed by atoms with Gasteiger partial charge in [0.15, 0.2) is 0 Å². The lowest BCUT2D eigenvalue weighted by molar-refractivity contribution is -0.121. The van der Waals surface area contributed by atoms with Crippen molar-refractivity contribution in [3.63, 3.8) is 0 Å². The van der Waals surface area contributed by atoms with Crippen molar-refractivity contribution < 1.29 is 4.79 Å². The molecule has 1 aliphatic rings. The standard InChI is InChI=1S/C19H21ClN2OS/c1-12(24-18-8-3-2-6-16(18)20)19(23)22-17-7-4-5-13-11-14(21)9-10-15(13)17/h2-3,6,8-12,17H,4-5,7,21H2,1H3,(H,22,23). The summed E-state index contributed by atoms with van der Waals surface area (Å²) in [6.45, 7) is 1.91. The third-order valence-electron chi connectivity index (χ3n) is 4.31. The SMILES string of the molecule is CC(Sc1ccccc1Cl)C(=O)NC1CCCc2cc(N)ccc21. The summed E-state index contributed by atoms with van der Waals surface area (Å²) in [6, 6.07) is 13.6. The van der Waals surface area contributed by atoms with E-state index in [0.29, 0.717) is 5.02 Å². The summed E-state index contributed by atoms with van der Waals surface area (Å²) in [6.07, 6.45) is 3.05. The van der Waals surface area contributed by atoms with Gasteiger partial charge < -0.3 is 11.1 Å². The second kappa shape index (κ2) is 7.49. The number of carbonyl (C=O) groups is 1. The number of aryl methyl sites for hydroxylation is 1. The van der Waals surface area contributed by atoms with Crippen LogP contribution in [0, 0.1) is 0 Å². The maximum absolute atomic E-state index is 12.6. The molecule has 3 rings (SSSR count). The lowest BCUT2D eigenvalue weighted by Crippen LogP contribution is -2.35. The van der Waals surface area contributed by atoms with Crippen molar-refractivity contribution in [3.05, 3.63) is 58.6 Å². The third kappa shape index (κ3) is 3.87. The molecular weight excluding hydrogens is 340 g/mol. The summed E-state index contributed by atoms with van der Waals surface area (Å²) in [5.74, 6) is 0.0367. The zero-order valence-electron chi connectivity index (χ0n) is 13.6. The molecule has 2 aromatic carbocycles. The van der Waals surface area contributed by atoms with Crippen molar-refractivity contribution in [2.24, 2.45) is 0 Å². The van der Waals surface area contributed by atoms with Crippen molar-refractivity contribution in [2.45, 2.75) is 42.4 Å². The first-order valence-electron chi connectivity index (χ1n) is 8.14. The monoisotopic (exact) mass is 360 g/mol. The van der Waals surface area contributed by atoms with Crippen molar-refractivity contribution in [2.75, 3.05) is 5.73 Å². The smallest absolute Gasteiger partial charge is 0.233 e. The Hall–Kier alpha value is -1.65. The van der Waals surface area contributed by atoms with Gasteiger partial charge in [-0.1, -0.05) is 29.8 Å². The molecule has 24 heavy (non-hydrogen) atoms. The summed E-state index contributed by atoms with van der Waals surface area (Å²) in [5.41, 5.74) is 9.10. The van der Waals surface area contributed by atoms with E-state index in [2.05, 4.69) is 5.32 Å². The van der Waals surface area contributed by atoms with Crippen molar-refractivity contribution in [1.29, 1.82) is 0 Å². The number of nitrogens with one attached hydrogen (secondary N) is 1. The van der Waals surface area contributed by atoms with Gasteiger partial charge in [0.05, 0.1) is 16.3 Å². The van der Waals surface area contributed by atoms with E-state index in [9.17, 15) is 4.79 Å². The molecule has 0 bridgehead atoms. The maximum Gasteiger partial charge on any atom is 0.233 e. The number of thioether (sulfide) groups is 1. The number of nitrogens with two attached hydrogens (primary N) is 1. The Morgan fingerprint density at radius 3 is 2.92 bits per heavy atom. The quantitative estimate of drug-likeness (QED) is 0.619. The third-order valence-corrected chi connectivity index (χ3v) is 5.93. The maximum atomic E-state index is 12.6. The Balaban J connectivity index is 1.68. The average molecular weight is 361 g/mol. The fourth-order valence-electron chi connectivity index (χ4n) is 3.06. The van der Waals surface area contributed by atoms with Crippen molar-refractivity contribution in [3.8, 4) is 0 Å². The van der Waals surface area contributed by atoms with Crippen LogP contribution in [0.3, 0.4) is 0 Å². The summed E-state index contributed by atoms with van der Waals surface area (Å²) < 4.78 is 0. The molecule has 0 heterocycles. The van der Waals surface area contributed by atoms with Gasteiger partial charge in [0.25, 0.3) is 0 Å². The number of benzene rings is 2. The molecule has 1 amide bonds. The van der Waals surface area contributed by atoms with Crippen LogP contribution >= 0.6 is 23.4 Å². The molecule has 2 unspecified atom stereocenters. The number of hydrogen-bond acceptors (Lipinski definition) is 3. The summed E-state index contributed by atoms with van der Waals surface area (Å²) in [4.78, 5) is 13.5. The number of hydrogen-bond donors (Lipinski definition) is 2. The van der Waals surface area contributed by atoms with Gasteiger partial charge in [-0.15, -0.1) is 11.8 Å². The van der Waals surface area contributed by atoms with Gasteiger partial charge in [0, 0.05) is 10.6 Å². The van der Waals surface area contributed by atoms with Gasteiger partial charge in [0.2, 0.25) is 5.91 Å². The highest BCUT2D eigenvalue weighted by Crippen LogP contribution is 2.33. The normalized spacial score (nSPS) is 17.8. The predicted octanol–water partition coefficient (Wildman–Crippen LogP) is 4.60.